The summed E-state index contributed by atoms with van der Waals surface area (Å²) < 4.78 is 14.0. The summed E-state index contributed by atoms with van der Waals surface area (Å²) in [5.74, 6) is 0.578. The highest BCUT2D eigenvalue weighted by molar-refractivity contribution is 9.10. The smallest absolute Gasteiger partial charge is 0.123 e. The minimum absolute atomic E-state index is 0.188. The Balaban J connectivity index is 2.08. The van der Waals surface area contributed by atoms with Crippen LogP contribution in [0.4, 0.5) is 4.39 Å². The summed E-state index contributed by atoms with van der Waals surface area (Å²) in [5, 5.41) is 0. The number of hydrogen-bond acceptors (Lipinski definition) is 1. The van der Waals surface area contributed by atoms with Gasteiger partial charge >= 0.3 is 0 Å². The normalized spacial score (nSPS) is 10.4. The van der Waals surface area contributed by atoms with Crippen molar-refractivity contribution >= 4 is 27.7 Å². The minimum Gasteiger partial charge on any atom is -0.207 e. The van der Waals surface area contributed by atoms with Crippen molar-refractivity contribution in [1.82, 2.24) is 0 Å². The van der Waals surface area contributed by atoms with Crippen molar-refractivity contribution in [3.63, 3.8) is 0 Å². The van der Waals surface area contributed by atoms with Crippen LogP contribution in [0.5, 0.6) is 0 Å². The predicted octanol–water partition coefficient (Wildman–Crippen LogP) is 4.88. The molecule has 0 fully saturated rings. The van der Waals surface area contributed by atoms with Crippen molar-refractivity contribution in [2.24, 2.45) is 0 Å². The molecule has 0 heterocycles. The van der Waals surface area contributed by atoms with Gasteiger partial charge in [-0.05, 0) is 35.9 Å². The van der Waals surface area contributed by atoms with Crippen LogP contribution in [0.2, 0.25) is 0 Å². The van der Waals surface area contributed by atoms with Crippen LogP contribution in [-0.4, -0.2) is 0 Å². The molecule has 0 atom stereocenters. The number of benzene rings is 2. The standard InChI is InChI=1S/C13H10BrFS/c14-13-7-6-11(15)8-10(13)9-16-12-4-2-1-3-5-12/h1-8H,9H2. The lowest BCUT2D eigenvalue weighted by molar-refractivity contribution is 0.626. The first-order valence-corrected chi connectivity index (χ1v) is 6.65. The van der Waals surface area contributed by atoms with Crippen LogP contribution in [0.15, 0.2) is 57.9 Å². The molecule has 0 aromatic heterocycles. The molecule has 3 heteroatoms. The second-order valence-corrected chi connectivity index (χ2v) is 5.24. The summed E-state index contributed by atoms with van der Waals surface area (Å²) in [6, 6.07) is 14.9. The molecule has 0 nitrogen and oxygen atoms in total. The molecule has 0 bridgehead atoms. The first kappa shape index (κ1) is 11.7. The fourth-order valence-corrected chi connectivity index (χ4v) is 2.81. The largest absolute Gasteiger partial charge is 0.207 e. The van der Waals surface area contributed by atoms with Crippen LogP contribution in [0, 0.1) is 5.82 Å². The summed E-state index contributed by atoms with van der Waals surface area (Å²) in [6.07, 6.45) is 0. The Bertz CT molecular complexity index is 471. The molecule has 0 spiro atoms. The van der Waals surface area contributed by atoms with Crippen molar-refractivity contribution < 1.29 is 4.39 Å². The molecule has 16 heavy (non-hydrogen) atoms. The fourth-order valence-electron chi connectivity index (χ4n) is 1.33. The monoisotopic (exact) mass is 296 g/mol. The number of halogens is 2. The number of thioether (sulfide) groups is 1. The second-order valence-electron chi connectivity index (χ2n) is 3.34. The SMILES string of the molecule is Fc1ccc(Br)c(CSc2ccccc2)c1. The fraction of sp³-hybridized carbons (Fsp3) is 0.0769. The summed E-state index contributed by atoms with van der Waals surface area (Å²) in [4.78, 5) is 1.19. The Labute approximate surface area is 107 Å². The van der Waals surface area contributed by atoms with Crippen molar-refractivity contribution in [2.45, 2.75) is 10.6 Å². The van der Waals surface area contributed by atoms with E-state index >= 15 is 0 Å². The molecule has 0 aliphatic heterocycles. The molecule has 2 aromatic carbocycles. The van der Waals surface area contributed by atoms with Gasteiger partial charge in [0.15, 0.2) is 0 Å². The van der Waals surface area contributed by atoms with Crippen molar-refractivity contribution in [2.75, 3.05) is 0 Å². The van der Waals surface area contributed by atoms with E-state index < -0.39 is 0 Å². The van der Waals surface area contributed by atoms with E-state index in [-0.39, 0.29) is 5.82 Å². The molecular formula is C13H10BrFS. The highest BCUT2D eigenvalue weighted by Gasteiger charge is 2.02. The third-order valence-corrected chi connectivity index (χ3v) is 3.98. The van der Waals surface area contributed by atoms with Gasteiger partial charge in [-0.15, -0.1) is 11.8 Å². The topological polar surface area (TPSA) is 0 Å². The Morgan fingerprint density at radius 1 is 1.06 bits per heavy atom. The van der Waals surface area contributed by atoms with E-state index in [1.807, 2.05) is 18.2 Å². The molecule has 0 saturated carbocycles. The van der Waals surface area contributed by atoms with Gasteiger partial charge in [-0.1, -0.05) is 34.1 Å². The van der Waals surface area contributed by atoms with Crippen LogP contribution in [0.25, 0.3) is 0 Å². The highest BCUT2D eigenvalue weighted by Crippen LogP contribution is 2.27. The molecule has 0 unspecified atom stereocenters. The van der Waals surface area contributed by atoms with Gasteiger partial charge < -0.3 is 0 Å². The van der Waals surface area contributed by atoms with Crippen molar-refractivity contribution in [3.8, 4) is 0 Å². The van der Waals surface area contributed by atoms with E-state index in [9.17, 15) is 4.39 Å². The summed E-state index contributed by atoms with van der Waals surface area (Å²) in [6.45, 7) is 0. The molecule has 0 N–H and O–H groups in total. The van der Waals surface area contributed by atoms with Gasteiger partial charge in [0.1, 0.15) is 5.82 Å². The zero-order valence-electron chi connectivity index (χ0n) is 8.49. The van der Waals surface area contributed by atoms with E-state index in [0.29, 0.717) is 0 Å². The molecule has 0 aliphatic rings. The summed E-state index contributed by atoms with van der Waals surface area (Å²) in [5.41, 5.74) is 0.980. The van der Waals surface area contributed by atoms with Crippen molar-refractivity contribution in [1.29, 1.82) is 0 Å². The number of rotatable bonds is 3. The van der Waals surface area contributed by atoms with E-state index in [4.69, 9.17) is 0 Å². The minimum atomic E-state index is -0.188. The lowest BCUT2D eigenvalue weighted by Gasteiger charge is -2.04. The average molecular weight is 297 g/mol. The van der Waals surface area contributed by atoms with Gasteiger partial charge in [-0.3, -0.25) is 0 Å². The first-order valence-electron chi connectivity index (χ1n) is 4.87. The second kappa shape index (κ2) is 5.51. The maximum Gasteiger partial charge on any atom is 0.123 e. The van der Waals surface area contributed by atoms with Crippen LogP contribution in [0.1, 0.15) is 5.56 Å². The van der Waals surface area contributed by atoms with Crippen LogP contribution < -0.4 is 0 Å². The summed E-state index contributed by atoms with van der Waals surface area (Å²) in [7, 11) is 0. The zero-order valence-corrected chi connectivity index (χ0v) is 10.9. The Hall–Kier alpha value is -0.800. The molecule has 0 amide bonds. The van der Waals surface area contributed by atoms with Crippen LogP contribution in [-0.2, 0) is 5.75 Å². The summed E-state index contributed by atoms with van der Waals surface area (Å²) >= 11 is 5.12. The van der Waals surface area contributed by atoms with Crippen molar-refractivity contribution in [3.05, 3.63) is 64.4 Å². The van der Waals surface area contributed by atoms with Gasteiger partial charge in [0.2, 0.25) is 0 Å². The van der Waals surface area contributed by atoms with Gasteiger partial charge in [0, 0.05) is 15.1 Å². The Morgan fingerprint density at radius 3 is 2.56 bits per heavy atom. The lowest BCUT2D eigenvalue weighted by Crippen LogP contribution is -1.85. The Morgan fingerprint density at radius 2 is 1.81 bits per heavy atom. The lowest BCUT2D eigenvalue weighted by atomic mass is 10.2. The maximum absolute atomic E-state index is 13.0. The van der Waals surface area contributed by atoms with Crippen LogP contribution in [0.3, 0.4) is 0 Å². The third kappa shape index (κ3) is 3.09. The molecule has 2 rings (SSSR count). The molecule has 0 aliphatic carbocycles. The molecule has 2 aromatic rings. The molecule has 0 radical (unpaired) electrons. The third-order valence-electron chi connectivity index (χ3n) is 2.15. The molecule has 0 saturated heterocycles. The average Bonchev–Trinajstić information content (AvgIpc) is 2.32. The van der Waals surface area contributed by atoms with E-state index in [1.165, 1.54) is 11.0 Å². The quantitative estimate of drug-likeness (QED) is 0.728. The molecule has 82 valence electrons. The highest BCUT2D eigenvalue weighted by atomic mass is 79.9. The zero-order chi connectivity index (χ0) is 11.4. The van der Waals surface area contributed by atoms with Gasteiger partial charge in [-0.25, -0.2) is 4.39 Å². The first-order chi connectivity index (χ1) is 7.75. The van der Waals surface area contributed by atoms with E-state index in [1.54, 1.807) is 23.9 Å². The number of hydrogen-bond donors (Lipinski definition) is 0. The van der Waals surface area contributed by atoms with E-state index in [0.717, 1.165) is 15.8 Å². The van der Waals surface area contributed by atoms with Gasteiger partial charge in [-0.2, -0.15) is 0 Å². The van der Waals surface area contributed by atoms with Gasteiger partial charge in [0.05, 0.1) is 0 Å². The van der Waals surface area contributed by atoms with Gasteiger partial charge in [0.25, 0.3) is 0 Å². The maximum atomic E-state index is 13.0. The predicted molar refractivity (Wildman–Crippen MR) is 70.1 cm³/mol. The molecular weight excluding hydrogens is 287 g/mol. The van der Waals surface area contributed by atoms with Crippen LogP contribution >= 0.6 is 27.7 Å². The Kier molecular flexibility index (Phi) is 4.02. The van der Waals surface area contributed by atoms with E-state index in [2.05, 4.69) is 28.1 Å².